The minimum Gasteiger partial charge on any atom is -0.455 e. The number of fused-ring (bicyclic) bond motifs is 3. The van der Waals surface area contributed by atoms with Crippen LogP contribution in [0.1, 0.15) is 42.4 Å². The van der Waals surface area contributed by atoms with Gasteiger partial charge in [0.15, 0.2) is 0 Å². The van der Waals surface area contributed by atoms with Crippen molar-refractivity contribution in [3.8, 4) is 11.3 Å². The van der Waals surface area contributed by atoms with Gasteiger partial charge in [0, 0.05) is 34.9 Å². The van der Waals surface area contributed by atoms with Gasteiger partial charge in [0.05, 0.1) is 5.69 Å². The number of rotatable bonds is 5. The van der Waals surface area contributed by atoms with E-state index in [2.05, 4.69) is 59.6 Å². The van der Waals surface area contributed by atoms with E-state index < -0.39 is 0 Å². The number of nitrogens with zero attached hydrogens (tertiary/aromatic N) is 2. The number of aromatic nitrogens is 2. The number of hydrogen-bond donors (Lipinski definition) is 0. The molecular formula is C29H26N2O. The van der Waals surface area contributed by atoms with E-state index in [4.69, 9.17) is 9.40 Å². The third-order valence-electron chi connectivity index (χ3n) is 6.86. The number of benzene rings is 2. The molecule has 3 aromatic heterocycles. The molecule has 3 heterocycles. The molecule has 0 N–H and O–H groups in total. The highest BCUT2D eigenvalue weighted by atomic mass is 16.3. The molecule has 158 valence electrons. The molecular weight excluding hydrogens is 392 g/mol. The summed E-state index contributed by atoms with van der Waals surface area (Å²) in [5.74, 6) is 0.819. The predicted molar refractivity (Wildman–Crippen MR) is 130 cm³/mol. The molecule has 0 amide bonds. The van der Waals surface area contributed by atoms with Crippen LogP contribution in [0, 0.1) is 5.92 Å². The van der Waals surface area contributed by atoms with Crippen LogP contribution in [0.15, 0.2) is 83.7 Å². The van der Waals surface area contributed by atoms with Gasteiger partial charge >= 0.3 is 0 Å². The Morgan fingerprint density at radius 2 is 1.66 bits per heavy atom. The van der Waals surface area contributed by atoms with E-state index >= 15 is 0 Å². The molecule has 0 atom stereocenters. The van der Waals surface area contributed by atoms with Crippen molar-refractivity contribution in [2.75, 3.05) is 0 Å². The minimum absolute atomic E-state index is 0.819. The zero-order chi connectivity index (χ0) is 21.3. The highest BCUT2D eigenvalue weighted by molar-refractivity contribution is 6.11. The smallest absolute Gasteiger partial charge is 0.145 e. The van der Waals surface area contributed by atoms with Crippen LogP contribution in [0.25, 0.3) is 33.2 Å². The fourth-order valence-corrected chi connectivity index (χ4v) is 5.26. The van der Waals surface area contributed by atoms with Crippen molar-refractivity contribution in [2.45, 2.75) is 38.5 Å². The van der Waals surface area contributed by atoms with E-state index in [0.29, 0.717) is 0 Å². The quantitative estimate of drug-likeness (QED) is 0.299. The fourth-order valence-electron chi connectivity index (χ4n) is 5.26. The molecule has 1 aliphatic carbocycles. The number of para-hydroxylation sites is 1. The van der Waals surface area contributed by atoms with Crippen LogP contribution in [-0.4, -0.2) is 9.97 Å². The van der Waals surface area contributed by atoms with Gasteiger partial charge in [0.1, 0.15) is 11.2 Å². The Kier molecular flexibility index (Phi) is 4.95. The molecule has 1 aliphatic rings. The lowest BCUT2D eigenvalue weighted by Gasteiger charge is -2.11. The highest BCUT2D eigenvalue weighted by Crippen LogP contribution is 2.38. The van der Waals surface area contributed by atoms with Gasteiger partial charge < -0.3 is 4.42 Å². The van der Waals surface area contributed by atoms with Crippen LogP contribution < -0.4 is 0 Å². The Morgan fingerprint density at radius 1 is 0.844 bits per heavy atom. The zero-order valence-electron chi connectivity index (χ0n) is 18.1. The van der Waals surface area contributed by atoms with Crippen molar-refractivity contribution in [3.63, 3.8) is 0 Å². The average molecular weight is 419 g/mol. The summed E-state index contributed by atoms with van der Waals surface area (Å²) in [6, 6.07) is 21.4. The van der Waals surface area contributed by atoms with Crippen molar-refractivity contribution in [1.29, 1.82) is 0 Å². The second kappa shape index (κ2) is 8.23. The molecule has 0 unspecified atom stereocenters. The monoisotopic (exact) mass is 418 g/mol. The normalized spacial score (nSPS) is 14.5. The molecule has 1 saturated carbocycles. The minimum atomic E-state index is 0.819. The summed E-state index contributed by atoms with van der Waals surface area (Å²) in [7, 11) is 0. The van der Waals surface area contributed by atoms with Crippen molar-refractivity contribution in [2.24, 2.45) is 5.92 Å². The largest absolute Gasteiger partial charge is 0.455 e. The van der Waals surface area contributed by atoms with E-state index in [-0.39, 0.29) is 0 Å². The number of hydrogen-bond acceptors (Lipinski definition) is 3. The molecule has 3 heteroatoms. The summed E-state index contributed by atoms with van der Waals surface area (Å²) in [6.07, 6.45) is 13.1. The topological polar surface area (TPSA) is 38.9 Å². The van der Waals surface area contributed by atoms with Gasteiger partial charge in [0.25, 0.3) is 0 Å². The molecule has 0 spiro atoms. The Morgan fingerprint density at radius 3 is 2.53 bits per heavy atom. The van der Waals surface area contributed by atoms with Gasteiger partial charge in [-0.15, -0.1) is 0 Å². The summed E-state index contributed by atoms with van der Waals surface area (Å²) in [6.45, 7) is 0. The summed E-state index contributed by atoms with van der Waals surface area (Å²) in [4.78, 5) is 8.91. The van der Waals surface area contributed by atoms with Crippen molar-refractivity contribution in [1.82, 2.24) is 9.97 Å². The van der Waals surface area contributed by atoms with Gasteiger partial charge in [0.2, 0.25) is 0 Å². The maximum Gasteiger partial charge on any atom is 0.145 e. The van der Waals surface area contributed by atoms with Crippen molar-refractivity contribution < 1.29 is 4.42 Å². The second-order valence-corrected chi connectivity index (χ2v) is 9.01. The Bertz CT molecular complexity index is 1380. The summed E-state index contributed by atoms with van der Waals surface area (Å²) in [5.41, 5.74) is 7.82. The first-order valence-electron chi connectivity index (χ1n) is 11.6. The first kappa shape index (κ1) is 19.2. The third-order valence-corrected chi connectivity index (χ3v) is 6.86. The van der Waals surface area contributed by atoms with Gasteiger partial charge in [-0.3, -0.25) is 9.97 Å². The number of pyridine rings is 2. The van der Waals surface area contributed by atoms with Gasteiger partial charge in [-0.1, -0.05) is 49.9 Å². The molecule has 2 aromatic carbocycles. The third kappa shape index (κ3) is 3.58. The van der Waals surface area contributed by atoms with Gasteiger partial charge in [-0.25, -0.2) is 0 Å². The first-order valence-corrected chi connectivity index (χ1v) is 11.6. The predicted octanol–water partition coefficient (Wildman–Crippen LogP) is 7.37. The summed E-state index contributed by atoms with van der Waals surface area (Å²) < 4.78 is 6.44. The standard InChI is InChI=1S/C29H26N2O/c1-2-6-20(5-1)17-22-13-16-31-26(19-22)24-10-9-23(18-21-11-14-30-15-12-21)28-25-7-3-4-8-27(25)32-29(24)28/h3-4,7-16,19-20H,1-2,5-6,17-18H2. The molecule has 0 saturated heterocycles. The van der Waals surface area contributed by atoms with Crippen molar-refractivity contribution >= 4 is 21.9 Å². The molecule has 1 fully saturated rings. The van der Waals surface area contributed by atoms with E-state index in [1.165, 1.54) is 47.8 Å². The Hall–Kier alpha value is -3.46. The highest BCUT2D eigenvalue weighted by Gasteiger charge is 2.19. The van der Waals surface area contributed by atoms with Crippen LogP contribution in [0.4, 0.5) is 0 Å². The van der Waals surface area contributed by atoms with Crippen molar-refractivity contribution in [3.05, 3.63) is 95.9 Å². The Balaban J connectivity index is 1.48. The van der Waals surface area contributed by atoms with Crippen LogP contribution in [0.5, 0.6) is 0 Å². The summed E-state index contributed by atoms with van der Waals surface area (Å²) in [5, 5.41) is 2.36. The van der Waals surface area contributed by atoms with Gasteiger partial charge in [-0.05, 0) is 71.8 Å². The van der Waals surface area contributed by atoms with Crippen LogP contribution >= 0.6 is 0 Å². The average Bonchev–Trinajstić information content (AvgIpc) is 3.48. The molecule has 5 aromatic rings. The van der Waals surface area contributed by atoms with E-state index in [1.54, 1.807) is 0 Å². The molecule has 6 rings (SSSR count). The molecule has 3 nitrogen and oxygen atoms in total. The fraction of sp³-hybridized carbons (Fsp3) is 0.241. The van der Waals surface area contributed by atoms with Gasteiger partial charge in [-0.2, -0.15) is 0 Å². The maximum absolute atomic E-state index is 6.44. The second-order valence-electron chi connectivity index (χ2n) is 9.01. The van der Waals surface area contributed by atoms with E-state index in [9.17, 15) is 0 Å². The van der Waals surface area contributed by atoms with Crippen LogP contribution in [0.2, 0.25) is 0 Å². The van der Waals surface area contributed by atoms with Crippen LogP contribution in [0.3, 0.4) is 0 Å². The summed E-state index contributed by atoms with van der Waals surface area (Å²) >= 11 is 0. The Labute approximate surface area is 188 Å². The molecule has 0 aliphatic heterocycles. The van der Waals surface area contributed by atoms with E-state index in [1.807, 2.05) is 24.7 Å². The zero-order valence-corrected chi connectivity index (χ0v) is 18.1. The lowest BCUT2D eigenvalue weighted by atomic mass is 9.95. The first-order chi connectivity index (χ1) is 15.8. The van der Waals surface area contributed by atoms with E-state index in [0.717, 1.165) is 46.6 Å². The lowest BCUT2D eigenvalue weighted by molar-refractivity contribution is 0.546. The molecule has 32 heavy (non-hydrogen) atoms. The number of furan rings is 1. The van der Waals surface area contributed by atoms with Crippen LogP contribution in [-0.2, 0) is 12.8 Å². The molecule has 0 bridgehead atoms. The lowest BCUT2D eigenvalue weighted by Crippen LogP contribution is -1.99. The molecule has 0 radical (unpaired) electrons. The maximum atomic E-state index is 6.44. The SMILES string of the molecule is c1ccc2c(c1)oc1c(-c3cc(CC4CCCC4)ccn3)ccc(Cc3ccncc3)c12.